The molecule has 53 heavy (non-hydrogen) atoms. The van der Waals surface area contributed by atoms with Gasteiger partial charge in [0.1, 0.15) is 5.82 Å². The predicted octanol–water partition coefficient (Wildman–Crippen LogP) is 9.30. The summed E-state index contributed by atoms with van der Waals surface area (Å²) in [5.74, 6) is 0.936. The van der Waals surface area contributed by atoms with Crippen LogP contribution in [0.2, 0.25) is 0 Å². The van der Waals surface area contributed by atoms with Crippen molar-refractivity contribution in [2.75, 3.05) is 4.90 Å². The van der Waals surface area contributed by atoms with Crippen molar-refractivity contribution in [3.8, 4) is 5.69 Å². The Labute approximate surface area is 332 Å². The van der Waals surface area contributed by atoms with Gasteiger partial charge >= 0.3 is 0 Å². The zero-order valence-corrected chi connectivity index (χ0v) is 30.3. The number of hydrogen-bond acceptors (Lipinski definition) is 2. The van der Waals surface area contributed by atoms with Crippen molar-refractivity contribution in [3.05, 3.63) is 181 Å². The number of aromatic nitrogens is 2. The maximum Gasteiger partial charge on any atom is 0.179 e. The van der Waals surface area contributed by atoms with E-state index in [4.69, 9.17) is 17.3 Å². The molecule has 0 amide bonds. The van der Waals surface area contributed by atoms with Gasteiger partial charge in [-0.3, -0.25) is 0 Å². The van der Waals surface area contributed by atoms with Crippen molar-refractivity contribution in [1.29, 1.82) is 0 Å². The standard InChI is InChI=1S/C49H43N3Si/c1-48-31-14-15-32-49(48,2)52(47-44(48)27-17-33-50-47)37-29-30-46-43(35-37)42-26-12-13-28-45(42)51(46)36-18-16-25-41(34-36)53(38-19-6-3-7-20-38,39-21-8-4-9-22-39)40-23-10-5-11-24-40/h3-13,16-30,33-35H,14-15,31-32H2,1-2H3/i3D,4D,5D,6D,7D,8D,9D,10D,11D,19D,20D,21D,22D,23D. The lowest BCUT2D eigenvalue weighted by Gasteiger charge is -2.50. The first-order chi connectivity index (χ1) is 31.8. The van der Waals surface area contributed by atoms with Gasteiger partial charge in [-0.15, -0.1) is 0 Å². The first-order valence-corrected chi connectivity index (χ1v) is 19.9. The Balaban J connectivity index is 1.32. The summed E-state index contributed by atoms with van der Waals surface area (Å²) < 4.78 is 128. The minimum atomic E-state index is -5.09. The molecule has 4 heteroatoms. The summed E-state index contributed by atoms with van der Waals surface area (Å²) >= 11 is 0. The van der Waals surface area contributed by atoms with Crippen LogP contribution in [0.4, 0.5) is 11.5 Å². The largest absolute Gasteiger partial charge is 0.319 e. The Morgan fingerprint density at radius 2 is 1.28 bits per heavy atom. The lowest BCUT2D eigenvalue weighted by molar-refractivity contribution is 0.195. The van der Waals surface area contributed by atoms with Crippen molar-refractivity contribution in [3.63, 3.8) is 0 Å². The van der Waals surface area contributed by atoms with E-state index in [0.29, 0.717) is 5.69 Å². The third kappa shape index (κ3) is 4.55. The highest BCUT2D eigenvalue weighted by molar-refractivity contribution is 7.19. The monoisotopic (exact) mass is 715 g/mol. The van der Waals surface area contributed by atoms with Crippen molar-refractivity contribution in [1.82, 2.24) is 9.55 Å². The van der Waals surface area contributed by atoms with Gasteiger partial charge < -0.3 is 9.47 Å². The Bertz CT molecular complexity index is 3320. The smallest absolute Gasteiger partial charge is 0.179 e. The highest BCUT2D eigenvalue weighted by Crippen LogP contribution is 2.60. The van der Waals surface area contributed by atoms with Gasteiger partial charge in [-0.1, -0.05) is 147 Å². The Hall–Kier alpha value is -5.71. The van der Waals surface area contributed by atoms with Gasteiger partial charge in [0, 0.05) is 39.3 Å². The van der Waals surface area contributed by atoms with E-state index in [2.05, 4.69) is 36.9 Å². The molecule has 0 bridgehead atoms. The first-order valence-electron chi connectivity index (χ1n) is 24.9. The van der Waals surface area contributed by atoms with Crippen molar-refractivity contribution >= 4 is 62.1 Å². The number of fused-ring (bicyclic) bond motifs is 6. The van der Waals surface area contributed by atoms with Gasteiger partial charge in [0.15, 0.2) is 8.07 Å². The summed E-state index contributed by atoms with van der Waals surface area (Å²) in [5.41, 5.74) is 3.91. The van der Waals surface area contributed by atoms with Gasteiger partial charge in [-0.25, -0.2) is 4.98 Å². The average Bonchev–Trinajstić information content (AvgIpc) is 3.77. The van der Waals surface area contributed by atoms with E-state index in [9.17, 15) is 6.85 Å². The van der Waals surface area contributed by atoms with E-state index < -0.39 is 103 Å². The van der Waals surface area contributed by atoms with Crippen LogP contribution in [0.5, 0.6) is 0 Å². The van der Waals surface area contributed by atoms with Gasteiger partial charge in [0.2, 0.25) is 0 Å². The topological polar surface area (TPSA) is 21.1 Å². The number of rotatable bonds is 6. The normalized spacial score (nSPS) is 23.4. The molecule has 8 aromatic rings. The fourth-order valence-corrected chi connectivity index (χ4v) is 13.3. The highest BCUT2D eigenvalue weighted by Gasteiger charge is 2.58. The molecule has 10 rings (SSSR count). The molecule has 1 fully saturated rings. The van der Waals surface area contributed by atoms with E-state index in [-0.39, 0.29) is 21.3 Å². The third-order valence-electron chi connectivity index (χ3n) is 12.0. The molecule has 0 radical (unpaired) electrons. The number of pyridine rings is 1. The van der Waals surface area contributed by atoms with Crippen LogP contribution in [0, 0.1) is 0 Å². The van der Waals surface area contributed by atoms with E-state index in [0.717, 1.165) is 65.1 Å². The Kier molecular flexibility index (Phi) is 4.71. The van der Waals surface area contributed by atoms with Crippen LogP contribution in [0.1, 0.15) is 64.3 Å². The van der Waals surface area contributed by atoms with Crippen LogP contribution in [0.25, 0.3) is 27.5 Å². The number of nitrogens with zero attached hydrogens (tertiary/aromatic N) is 3. The molecule has 0 saturated heterocycles. The molecule has 2 aliphatic rings. The minimum Gasteiger partial charge on any atom is -0.319 e. The second-order valence-corrected chi connectivity index (χ2v) is 18.1. The van der Waals surface area contributed by atoms with E-state index >= 15 is 0 Å². The molecule has 0 N–H and O–H groups in total. The van der Waals surface area contributed by atoms with E-state index in [1.807, 2.05) is 53.2 Å². The van der Waals surface area contributed by atoms with Crippen LogP contribution < -0.4 is 25.6 Å². The number of para-hydroxylation sites is 1. The molecule has 3 heterocycles. The van der Waals surface area contributed by atoms with Crippen LogP contribution >= 0.6 is 0 Å². The summed E-state index contributed by atoms with van der Waals surface area (Å²) in [6.45, 7) is 4.68. The van der Waals surface area contributed by atoms with Gasteiger partial charge in [-0.2, -0.15) is 0 Å². The predicted molar refractivity (Wildman–Crippen MR) is 225 cm³/mol. The van der Waals surface area contributed by atoms with Crippen LogP contribution in [-0.2, 0) is 5.41 Å². The van der Waals surface area contributed by atoms with Crippen LogP contribution in [-0.4, -0.2) is 23.2 Å². The lowest BCUT2D eigenvalue weighted by atomic mass is 9.61. The maximum absolute atomic E-state index is 9.48. The molecule has 6 aromatic carbocycles. The first kappa shape index (κ1) is 20.5. The maximum atomic E-state index is 9.48. The number of anilines is 2. The zero-order valence-electron chi connectivity index (χ0n) is 43.3. The summed E-state index contributed by atoms with van der Waals surface area (Å²) in [7, 11) is -5.09. The van der Waals surface area contributed by atoms with Crippen molar-refractivity contribution in [2.24, 2.45) is 0 Å². The van der Waals surface area contributed by atoms with Gasteiger partial charge in [0.05, 0.1) is 35.8 Å². The number of benzene rings is 6. The number of hydrogen-bond donors (Lipinski definition) is 0. The second-order valence-electron chi connectivity index (χ2n) is 14.5. The quantitative estimate of drug-likeness (QED) is 0.126. The SMILES string of the molecule is [2H]c1cc([Si](c2cccc(-n3c4ccccc4c4cc(N5c6ncccc6C6(C)CCCCC56C)ccc43)c2)(c2c([2H])c([2H])c([2H])c([2H])c2[2H])c2c([2H])c([2H])c([2H])c([2H])c2[2H])c([2H])c([2H])c1[2H]. The molecule has 2 unspecified atom stereocenters. The van der Waals surface area contributed by atoms with Crippen molar-refractivity contribution in [2.45, 2.75) is 50.5 Å². The molecule has 1 saturated carbocycles. The Morgan fingerprint density at radius 1 is 0.585 bits per heavy atom. The minimum absolute atomic E-state index is 0.128. The van der Waals surface area contributed by atoms with E-state index in [1.165, 1.54) is 5.56 Å². The lowest BCUT2D eigenvalue weighted by Crippen LogP contribution is -2.74. The molecule has 2 aromatic heterocycles. The summed E-state index contributed by atoms with van der Waals surface area (Å²) in [6, 6.07) is 16.4. The van der Waals surface area contributed by atoms with Crippen LogP contribution in [0.15, 0.2) is 176 Å². The fourth-order valence-electron chi connectivity index (χ4n) is 9.37. The molecule has 0 spiro atoms. The van der Waals surface area contributed by atoms with Crippen LogP contribution in [0.3, 0.4) is 0 Å². The van der Waals surface area contributed by atoms with E-state index in [1.54, 1.807) is 18.2 Å². The molecular weight excluding hydrogens is 659 g/mol. The molecule has 2 atom stereocenters. The third-order valence-corrected chi connectivity index (χ3v) is 16.3. The molecule has 1 aliphatic carbocycles. The molecular formula is C49H43N3Si. The molecule has 258 valence electrons. The molecule has 3 nitrogen and oxygen atoms in total. The van der Waals surface area contributed by atoms with Crippen molar-refractivity contribution < 1.29 is 19.2 Å². The zero-order chi connectivity index (χ0) is 47.8. The summed E-state index contributed by atoms with van der Waals surface area (Å²) in [6.07, 6.45) is 6.07. The average molecular weight is 716 g/mol. The molecule has 1 aliphatic heterocycles. The summed E-state index contributed by atoms with van der Waals surface area (Å²) in [5, 5.41) is 0.892. The van der Waals surface area contributed by atoms with Gasteiger partial charge in [0.25, 0.3) is 0 Å². The Morgan fingerprint density at radius 3 is 2.08 bits per heavy atom. The fraction of sp³-hybridized carbons (Fsp3) is 0.163. The van der Waals surface area contributed by atoms with Gasteiger partial charge in [-0.05, 0) is 83.0 Å². The highest BCUT2D eigenvalue weighted by atomic mass is 28.3. The summed E-state index contributed by atoms with van der Waals surface area (Å²) in [4.78, 5) is 7.37. The second kappa shape index (κ2) is 12.2.